The summed E-state index contributed by atoms with van der Waals surface area (Å²) in [5, 5.41) is 4.20. The number of carbonyl (C=O) groups is 1. The normalized spacial score (nSPS) is 20.0. The number of fused-ring (bicyclic) bond motifs is 1. The van der Waals surface area contributed by atoms with Crippen molar-refractivity contribution in [2.24, 2.45) is 11.3 Å². The Morgan fingerprint density at radius 3 is 3.07 bits per heavy atom. The molecule has 1 aromatic carbocycles. The van der Waals surface area contributed by atoms with E-state index in [4.69, 9.17) is 4.74 Å². The highest BCUT2D eigenvalue weighted by atomic mass is 16.5. The number of nitrogens with one attached hydrogen (secondary N) is 2. The highest BCUT2D eigenvalue weighted by Crippen LogP contribution is 2.56. The number of H-pyrrole nitrogens is 1. The van der Waals surface area contributed by atoms with Crippen LogP contribution in [0, 0.1) is 11.3 Å². The van der Waals surface area contributed by atoms with E-state index < -0.39 is 0 Å². The molecule has 2 fully saturated rings. The smallest absolute Gasteiger partial charge is 0.224 e. The Bertz CT molecular complexity index is 1040. The summed E-state index contributed by atoms with van der Waals surface area (Å²) in [5.41, 5.74) is 1.98. The van der Waals surface area contributed by atoms with Crippen LogP contribution in [0.2, 0.25) is 0 Å². The van der Waals surface area contributed by atoms with Crippen molar-refractivity contribution in [3.05, 3.63) is 48.4 Å². The van der Waals surface area contributed by atoms with Crippen LogP contribution in [-0.2, 0) is 11.3 Å². The Labute approximate surface area is 169 Å². The van der Waals surface area contributed by atoms with Crippen molar-refractivity contribution in [3.63, 3.8) is 0 Å². The topological polar surface area (TPSA) is 83.1 Å². The van der Waals surface area contributed by atoms with Gasteiger partial charge in [-0.2, -0.15) is 0 Å². The van der Waals surface area contributed by atoms with Crippen LogP contribution >= 0.6 is 0 Å². The first kappa shape index (κ1) is 18.0. The Morgan fingerprint density at radius 2 is 2.24 bits per heavy atom. The van der Waals surface area contributed by atoms with Gasteiger partial charge in [0, 0.05) is 31.7 Å². The van der Waals surface area contributed by atoms with Crippen LogP contribution in [0.15, 0.2) is 42.9 Å². The van der Waals surface area contributed by atoms with Crippen LogP contribution < -0.4 is 15.0 Å². The molecular weight excluding hydrogens is 366 g/mol. The molecule has 1 saturated heterocycles. The molecule has 2 aliphatic rings. The predicted molar refractivity (Wildman–Crippen MR) is 111 cm³/mol. The number of hydrogen-bond donors (Lipinski definition) is 2. The molecule has 1 unspecified atom stereocenters. The van der Waals surface area contributed by atoms with Gasteiger partial charge in [0.05, 0.1) is 12.5 Å². The first-order valence-electron chi connectivity index (χ1n) is 10.1. The van der Waals surface area contributed by atoms with Gasteiger partial charge >= 0.3 is 0 Å². The van der Waals surface area contributed by atoms with Gasteiger partial charge < -0.3 is 19.9 Å². The van der Waals surface area contributed by atoms with Crippen LogP contribution in [0.1, 0.15) is 24.8 Å². The maximum atomic E-state index is 13.0. The Balaban J connectivity index is 1.27. The summed E-state index contributed by atoms with van der Waals surface area (Å²) in [4.78, 5) is 27.3. The first-order valence-corrected chi connectivity index (χ1v) is 10.1. The van der Waals surface area contributed by atoms with E-state index in [-0.39, 0.29) is 17.2 Å². The molecule has 0 bridgehead atoms. The number of amides is 1. The fourth-order valence-corrected chi connectivity index (χ4v) is 4.62. The molecule has 7 nitrogen and oxygen atoms in total. The number of hydrogen-bond acceptors (Lipinski definition) is 5. The minimum atomic E-state index is 0.0629. The monoisotopic (exact) mass is 391 g/mol. The summed E-state index contributed by atoms with van der Waals surface area (Å²) in [5.74, 6) is 2.01. The molecule has 150 valence electrons. The quantitative estimate of drug-likeness (QED) is 0.699. The van der Waals surface area contributed by atoms with Gasteiger partial charge in [-0.25, -0.2) is 9.97 Å². The third-order valence-corrected chi connectivity index (χ3v) is 6.37. The van der Waals surface area contributed by atoms with Gasteiger partial charge in [0.1, 0.15) is 23.5 Å². The summed E-state index contributed by atoms with van der Waals surface area (Å²) in [6.45, 7) is 2.24. The number of anilines is 1. The summed E-state index contributed by atoms with van der Waals surface area (Å²) in [7, 11) is 1.65. The lowest BCUT2D eigenvalue weighted by molar-refractivity contribution is -0.128. The molecule has 1 saturated carbocycles. The van der Waals surface area contributed by atoms with Gasteiger partial charge in [-0.05, 0) is 48.4 Å². The van der Waals surface area contributed by atoms with Gasteiger partial charge in [0.2, 0.25) is 5.91 Å². The van der Waals surface area contributed by atoms with E-state index in [0.29, 0.717) is 6.54 Å². The molecule has 1 aliphatic carbocycles. The SMILES string of the molecule is COc1cccc(CNC(=O)C2CCN(c3ncnc4[nH]ccc34)CC23CC3)c1. The lowest BCUT2D eigenvalue weighted by atomic mass is 9.81. The third-order valence-electron chi connectivity index (χ3n) is 6.37. The van der Waals surface area contributed by atoms with Crippen LogP contribution in [0.4, 0.5) is 5.82 Å². The highest BCUT2D eigenvalue weighted by Gasteiger charge is 2.55. The summed E-state index contributed by atoms with van der Waals surface area (Å²) in [6, 6.07) is 9.86. The molecule has 7 heteroatoms. The number of aromatic amines is 1. The van der Waals surface area contributed by atoms with E-state index >= 15 is 0 Å². The van der Waals surface area contributed by atoms with Gasteiger partial charge in [0.25, 0.3) is 0 Å². The van der Waals surface area contributed by atoms with Crippen molar-refractivity contribution < 1.29 is 9.53 Å². The molecule has 5 rings (SSSR count). The Kier molecular flexibility index (Phi) is 4.38. The maximum Gasteiger partial charge on any atom is 0.224 e. The second kappa shape index (κ2) is 7.06. The molecule has 3 aromatic rings. The summed E-state index contributed by atoms with van der Waals surface area (Å²) < 4.78 is 5.27. The molecule has 1 aliphatic heterocycles. The van der Waals surface area contributed by atoms with Crippen molar-refractivity contribution >= 4 is 22.8 Å². The fourth-order valence-electron chi connectivity index (χ4n) is 4.62. The van der Waals surface area contributed by atoms with Crippen molar-refractivity contribution in [3.8, 4) is 5.75 Å². The van der Waals surface area contributed by atoms with Crippen LogP contribution in [0.25, 0.3) is 11.0 Å². The highest BCUT2D eigenvalue weighted by molar-refractivity contribution is 5.87. The van der Waals surface area contributed by atoms with Crippen molar-refractivity contribution in [1.82, 2.24) is 20.3 Å². The maximum absolute atomic E-state index is 13.0. The standard InChI is InChI=1S/C22H25N5O2/c1-29-16-4-2-3-15(11-16)12-24-21(28)18-6-10-27(13-22(18)7-8-22)20-17-5-9-23-19(17)25-14-26-20/h2-5,9,11,14,18H,6-8,10,12-13H2,1H3,(H,24,28)(H,23,25,26). The lowest BCUT2D eigenvalue weighted by Crippen LogP contribution is -2.48. The Morgan fingerprint density at radius 1 is 1.34 bits per heavy atom. The molecule has 2 N–H and O–H groups in total. The molecular formula is C22H25N5O2. The number of benzene rings is 1. The molecule has 3 heterocycles. The zero-order valence-corrected chi connectivity index (χ0v) is 16.5. The number of nitrogens with zero attached hydrogens (tertiary/aromatic N) is 3. The number of aromatic nitrogens is 3. The second-order valence-corrected chi connectivity index (χ2v) is 8.13. The number of methoxy groups -OCH3 is 1. The second-order valence-electron chi connectivity index (χ2n) is 8.13. The molecule has 1 spiro atoms. The largest absolute Gasteiger partial charge is 0.497 e. The van der Waals surface area contributed by atoms with E-state index in [1.807, 2.05) is 36.5 Å². The van der Waals surface area contributed by atoms with Gasteiger partial charge in [-0.3, -0.25) is 4.79 Å². The van der Waals surface area contributed by atoms with E-state index in [0.717, 1.165) is 60.5 Å². The number of ether oxygens (including phenoxy) is 1. The van der Waals surface area contributed by atoms with E-state index in [1.165, 1.54) is 0 Å². The average molecular weight is 391 g/mol. The lowest BCUT2D eigenvalue weighted by Gasteiger charge is -2.39. The van der Waals surface area contributed by atoms with E-state index in [2.05, 4.69) is 25.2 Å². The third kappa shape index (κ3) is 3.30. The van der Waals surface area contributed by atoms with Gasteiger partial charge in [-0.1, -0.05) is 12.1 Å². The van der Waals surface area contributed by atoms with Crippen LogP contribution in [0.5, 0.6) is 5.75 Å². The molecule has 29 heavy (non-hydrogen) atoms. The van der Waals surface area contributed by atoms with E-state index in [9.17, 15) is 4.79 Å². The van der Waals surface area contributed by atoms with Crippen molar-refractivity contribution in [1.29, 1.82) is 0 Å². The predicted octanol–water partition coefficient (Wildman–Crippen LogP) is 2.89. The van der Waals surface area contributed by atoms with Crippen molar-refractivity contribution in [2.45, 2.75) is 25.8 Å². The minimum absolute atomic E-state index is 0.0629. The summed E-state index contributed by atoms with van der Waals surface area (Å²) in [6.07, 6.45) is 6.55. The fraction of sp³-hybridized carbons (Fsp3) is 0.409. The number of carbonyl (C=O) groups excluding carboxylic acids is 1. The number of rotatable bonds is 5. The summed E-state index contributed by atoms with van der Waals surface area (Å²) >= 11 is 0. The average Bonchev–Trinajstić information content (AvgIpc) is 3.33. The van der Waals surface area contributed by atoms with Crippen molar-refractivity contribution in [2.75, 3.05) is 25.1 Å². The van der Waals surface area contributed by atoms with E-state index in [1.54, 1.807) is 13.4 Å². The Hall–Kier alpha value is -3.09. The number of piperidine rings is 1. The molecule has 1 atom stereocenters. The first-order chi connectivity index (χ1) is 14.2. The van der Waals surface area contributed by atoms with Gasteiger partial charge in [-0.15, -0.1) is 0 Å². The zero-order valence-electron chi connectivity index (χ0n) is 16.5. The van der Waals surface area contributed by atoms with Crippen LogP contribution in [0.3, 0.4) is 0 Å². The van der Waals surface area contributed by atoms with Crippen LogP contribution in [-0.4, -0.2) is 41.1 Å². The minimum Gasteiger partial charge on any atom is -0.497 e. The molecule has 2 aromatic heterocycles. The van der Waals surface area contributed by atoms with Gasteiger partial charge in [0.15, 0.2) is 0 Å². The zero-order chi connectivity index (χ0) is 19.8. The molecule has 0 radical (unpaired) electrons. The molecule has 1 amide bonds.